The van der Waals surface area contributed by atoms with Crippen molar-refractivity contribution in [2.24, 2.45) is 0 Å². The molecule has 0 bridgehead atoms. The molecule has 27 heavy (non-hydrogen) atoms. The molecule has 1 aromatic carbocycles. The zero-order chi connectivity index (χ0) is 19.6. The van der Waals surface area contributed by atoms with E-state index in [2.05, 4.69) is 6.92 Å². The maximum Gasteiger partial charge on any atom is 0.305 e. The van der Waals surface area contributed by atoms with E-state index < -0.39 is 0 Å². The molecule has 0 fully saturated rings. The van der Waals surface area contributed by atoms with E-state index >= 15 is 0 Å². The number of esters is 2. The van der Waals surface area contributed by atoms with Crippen molar-refractivity contribution in [2.75, 3.05) is 13.2 Å². The number of ether oxygens (including phenoxy) is 2. The Morgan fingerprint density at radius 1 is 0.704 bits per heavy atom. The highest BCUT2D eigenvalue weighted by molar-refractivity contribution is 5.72. The smallest absolute Gasteiger partial charge is 0.305 e. The maximum absolute atomic E-state index is 11.7. The number of carbonyl (C=O) groups is 2. The van der Waals surface area contributed by atoms with Crippen molar-refractivity contribution in [3.8, 4) is 0 Å². The van der Waals surface area contributed by atoms with Gasteiger partial charge in [0.1, 0.15) is 0 Å². The van der Waals surface area contributed by atoms with Crippen molar-refractivity contribution in [1.29, 1.82) is 0 Å². The molecule has 1 aromatic rings. The van der Waals surface area contributed by atoms with Gasteiger partial charge in [-0.15, -0.1) is 0 Å². The molecular weight excluding hydrogens is 340 g/mol. The first-order valence-corrected chi connectivity index (χ1v) is 10.6. The number of hydrogen-bond acceptors (Lipinski definition) is 4. The average molecular weight is 377 g/mol. The lowest BCUT2D eigenvalue weighted by Crippen LogP contribution is -2.10. The molecule has 0 aliphatic heterocycles. The molecule has 152 valence electrons. The second kappa shape index (κ2) is 16.3. The number of carbonyl (C=O) groups excluding carboxylic acids is 2. The molecule has 0 unspecified atom stereocenters. The van der Waals surface area contributed by atoms with Crippen LogP contribution >= 0.6 is 0 Å². The summed E-state index contributed by atoms with van der Waals surface area (Å²) in [6.07, 6.45) is 11.6. The number of rotatable bonds is 16. The van der Waals surface area contributed by atoms with Crippen LogP contribution in [0.4, 0.5) is 0 Å². The largest absolute Gasteiger partial charge is 0.466 e. The molecule has 4 heteroatoms. The topological polar surface area (TPSA) is 52.6 Å². The Labute approximate surface area is 164 Å². The van der Waals surface area contributed by atoms with Gasteiger partial charge in [0.2, 0.25) is 0 Å². The Balaban J connectivity index is 1.89. The maximum atomic E-state index is 11.7. The summed E-state index contributed by atoms with van der Waals surface area (Å²) in [5.74, 6) is -0.461. The third kappa shape index (κ3) is 14.0. The first-order valence-electron chi connectivity index (χ1n) is 10.6. The summed E-state index contributed by atoms with van der Waals surface area (Å²) in [7, 11) is 0. The van der Waals surface area contributed by atoms with Gasteiger partial charge >= 0.3 is 11.9 Å². The van der Waals surface area contributed by atoms with Gasteiger partial charge in [-0.3, -0.25) is 9.59 Å². The minimum atomic E-state index is -0.248. The molecule has 0 heterocycles. The Kier molecular flexibility index (Phi) is 14.0. The molecule has 4 nitrogen and oxygen atoms in total. The predicted molar refractivity (Wildman–Crippen MR) is 109 cm³/mol. The van der Waals surface area contributed by atoms with Crippen LogP contribution in [-0.4, -0.2) is 25.2 Å². The van der Waals surface area contributed by atoms with Crippen LogP contribution in [0.5, 0.6) is 0 Å². The van der Waals surface area contributed by atoms with Crippen LogP contribution in [0.3, 0.4) is 0 Å². The van der Waals surface area contributed by atoms with E-state index in [9.17, 15) is 9.59 Å². The highest BCUT2D eigenvalue weighted by Crippen LogP contribution is 2.09. The Bertz CT molecular complexity index is 498. The minimum Gasteiger partial charge on any atom is -0.466 e. The molecule has 0 saturated carbocycles. The van der Waals surface area contributed by atoms with Crippen LogP contribution < -0.4 is 0 Å². The fourth-order valence-electron chi connectivity index (χ4n) is 2.87. The van der Waals surface area contributed by atoms with Crippen LogP contribution in [0.25, 0.3) is 0 Å². The van der Waals surface area contributed by atoms with E-state index in [-0.39, 0.29) is 24.8 Å². The lowest BCUT2D eigenvalue weighted by molar-refractivity contribution is -0.145. The van der Waals surface area contributed by atoms with Crippen LogP contribution in [0, 0.1) is 0 Å². The third-order valence-electron chi connectivity index (χ3n) is 4.52. The van der Waals surface area contributed by atoms with Gasteiger partial charge in [-0.05, 0) is 18.4 Å². The summed E-state index contributed by atoms with van der Waals surface area (Å²) < 4.78 is 10.4. The fraction of sp³-hybridized carbons (Fsp3) is 0.652. The van der Waals surface area contributed by atoms with Gasteiger partial charge in [-0.25, -0.2) is 0 Å². The molecule has 0 atom stereocenters. The summed E-state index contributed by atoms with van der Waals surface area (Å²) in [6, 6.07) is 9.92. The van der Waals surface area contributed by atoms with Crippen molar-refractivity contribution < 1.29 is 19.1 Å². The van der Waals surface area contributed by atoms with E-state index in [0.717, 1.165) is 18.4 Å². The third-order valence-corrected chi connectivity index (χ3v) is 4.52. The van der Waals surface area contributed by atoms with Gasteiger partial charge in [0.15, 0.2) is 0 Å². The molecule has 0 N–H and O–H groups in total. The predicted octanol–water partition coefficient (Wildman–Crippen LogP) is 5.63. The van der Waals surface area contributed by atoms with E-state index in [0.29, 0.717) is 26.1 Å². The molecule has 0 aromatic heterocycles. The van der Waals surface area contributed by atoms with Gasteiger partial charge in [0.25, 0.3) is 0 Å². The standard InChI is InChI=1S/C23H36O4/c1-2-3-4-5-6-7-8-12-19-26-22(24)16-13-17-23(25)27-20-18-21-14-10-9-11-15-21/h9-11,14-15H,2-8,12-13,16-20H2,1H3. The molecule has 0 aliphatic carbocycles. The van der Waals surface area contributed by atoms with Crippen molar-refractivity contribution in [1.82, 2.24) is 0 Å². The second-order valence-corrected chi connectivity index (χ2v) is 7.00. The Morgan fingerprint density at radius 3 is 1.89 bits per heavy atom. The fourth-order valence-corrected chi connectivity index (χ4v) is 2.87. The monoisotopic (exact) mass is 376 g/mol. The summed E-state index contributed by atoms with van der Waals surface area (Å²) in [5, 5.41) is 0. The van der Waals surface area contributed by atoms with Crippen molar-refractivity contribution in [2.45, 2.75) is 84.0 Å². The normalized spacial score (nSPS) is 10.6. The van der Waals surface area contributed by atoms with Crippen LogP contribution in [-0.2, 0) is 25.5 Å². The van der Waals surface area contributed by atoms with Crippen molar-refractivity contribution in [3.05, 3.63) is 35.9 Å². The molecular formula is C23H36O4. The van der Waals surface area contributed by atoms with Crippen LogP contribution in [0.1, 0.15) is 83.1 Å². The first kappa shape index (κ1) is 23.2. The zero-order valence-corrected chi connectivity index (χ0v) is 16.9. The summed E-state index contributed by atoms with van der Waals surface area (Å²) in [6.45, 7) is 3.10. The summed E-state index contributed by atoms with van der Waals surface area (Å²) in [5.41, 5.74) is 1.15. The van der Waals surface area contributed by atoms with Crippen LogP contribution in [0.2, 0.25) is 0 Å². The molecule has 0 aliphatic rings. The second-order valence-electron chi connectivity index (χ2n) is 7.00. The first-order chi connectivity index (χ1) is 13.2. The van der Waals surface area contributed by atoms with E-state index in [4.69, 9.17) is 9.47 Å². The summed E-state index contributed by atoms with van der Waals surface area (Å²) >= 11 is 0. The van der Waals surface area contributed by atoms with Crippen molar-refractivity contribution >= 4 is 11.9 Å². The average Bonchev–Trinajstić information content (AvgIpc) is 2.67. The number of benzene rings is 1. The van der Waals surface area contributed by atoms with Crippen molar-refractivity contribution in [3.63, 3.8) is 0 Å². The Hall–Kier alpha value is -1.84. The lowest BCUT2D eigenvalue weighted by Gasteiger charge is -2.06. The molecule has 0 spiro atoms. The highest BCUT2D eigenvalue weighted by Gasteiger charge is 2.07. The lowest BCUT2D eigenvalue weighted by atomic mass is 10.1. The molecule has 1 rings (SSSR count). The van der Waals surface area contributed by atoms with Gasteiger partial charge in [-0.1, -0.05) is 82.2 Å². The zero-order valence-electron chi connectivity index (χ0n) is 16.9. The SMILES string of the molecule is CCCCCCCCCCOC(=O)CCCC(=O)OCCc1ccccc1. The van der Waals surface area contributed by atoms with E-state index in [1.165, 1.54) is 38.5 Å². The summed E-state index contributed by atoms with van der Waals surface area (Å²) in [4.78, 5) is 23.3. The molecule has 0 saturated heterocycles. The quantitative estimate of drug-likeness (QED) is 0.277. The van der Waals surface area contributed by atoms with Gasteiger partial charge in [0.05, 0.1) is 13.2 Å². The van der Waals surface area contributed by atoms with E-state index in [1.807, 2.05) is 30.3 Å². The number of unbranched alkanes of at least 4 members (excludes halogenated alkanes) is 7. The van der Waals surface area contributed by atoms with Gasteiger partial charge in [-0.2, -0.15) is 0 Å². The molecule has 0 amide bonds. The van der Waals surface area contributed by atoms with Gasteiger partial charge < -0.3 is 9.47 Å². The minimum absolute atomic E-state index is 0.213. The number of hydrogen-bond donors (Lipinski definition) is 0. The highest BCUT2D eigenvalue weighted by atomic mass is 16.5. The van der Waals surface area contributed by atoms with E-state index in [1.54, 1.807) is 0 Å². The van der Waals surface area contributed by atoms with Gasteiger partial charge in [0, 0.05) is 19.3 Å². The van der Waals surface area contributed by atoms with Crippen LogP contribution in [0.15, 0.2) is 30.3 Å². The Morgan fingerprint density at radius 2 is 1.26 bits per heavy atom. The molecule has 0 radical (unpaired) electrons.